The van der Waals surface area contributed by atoms with Crippen molar-refractivity contribution in [1.82, 2.24) is 9.55 Å². The predicted octanol–water partition coefficient (Wildman–Crippen LogP) is -0.330. The van der Waals surface area contributed by atoms with Gasteiger partial charge in [-0.15, -0.1) is 0 Å². The molecule has 8 nitrogen and oxygen atoms in total. The number of aromatic nitrogens is 2. The topological polar surface area (TPSA) is 114 Å². The average Bonchev–Trinajstić information content (AvgIpc) is 2.73. The minimum atomic E-state index is -1.66. The standard InChI is InChI=1S/C12H18N2O6.C2H6/c1-3-19-11-13-8(16)4-5-14(11)10-12(2,18)9(17)7(6-15)20-10;1-2/h4-5,7,9-10,15,17-18H,3,6H2,1-2H3;1-2H3. The van der Waals surface area contributed by atoms with Crippen LogP contribution in [0.4, 0.5) is 0 Å². The molecular weight excluding hydrogens is 292 g/mol. The Labute approximate surface area is 129 Å². The molecule has 1 aliphatic rings. The lowest BCUT2D eigenvalue weighted by Crippen LogP contribution is -2.44. The van der Waals surface area contributed by atoms with Crippen molar-refractivity contribution in [2.75, 3.05) is 13.2 Å². The maximum absolute atomic E-state index is 11.3. The van der Waals surface area contributed by atoms with E-state index in [4.69, 9.17) is 14.6 Å². The summed E-state index contributed by atoms with van der Waals surface area (Å²) in [6.07, 6.45) is -1.86. The SMILES string of the molecule is CC.CCOc1nc(=O)ccn1C1OC(CO)C(O)C1(C)O. The van der Waals surface area contributed by atoms with E-state index in [1.54, 1.807) is 6.92 Å². The molecule has 0 spiro atoms. The van der Waals surface area contributed by atoms with E-state index in [0.29, 0.717) is 0 Å². The second kappa shape index (κ2) is 7.68. The second-order valence-electron chi connectivity index (χ2n) is 4.77. The van der Waals surface area contributed by atoms with E-state index in [1.807, 2.05) is 13.8 Å². The summed E-state index contributed by atoms with van der Waals surface area (Å²) in [6, 6.07) is 1.18. The average molecular weight is 316 g/mol. The van der Waals surface area contributed by atoms with Gasteiger partial charge in [-0.3, -0.25) is 9.36 Å². The maximum atomic E-state index is 11.3. The van der Waals surface area contributed by atoms with Crippen LogP contribution in [0.25, 0.3) is 0 Å². The zero-order valence-electron chi connectivity index (χ0n) is 13.3. The van der Waals surface area contributed by atoms with Gasteiger partial charge in [-0.1, -0.05) is 13.8 Å². The van der Waals surface area contributed by atoms with Crippen molar-refractivity contribution in [1.29, 1.82) is 0 Å². The van der Waals surface area contributed by atoms with Gasteiger partial charge in [0.15, 0.2) is 6.23 Å². The molecule has 4 unspecified atom stereocenters. The third-order valence-electron chi connectivity index (χ3n) is 3.27. The Hall–Kier alpha value is -1.48. The van der Waals surface area contributed by atoms with Gasteiger partial charge < -0.3 is 24.8 Å². The van der Waals surface area contributed by atoms with Crippen LogP contribution < -0.4 is 10.3 Å². The Morgan fingerprint density at radius 2 is 2.14 bits per heavy atom. The molecule has 2 rings (SSSR count). The molecule has 8 heteroatoms. The Morgan fingerprint density at radius 3 is 2.64 bits per heavy atom. The molecule has 4 atom stereocenters. The summed E-state index contributed by atoms with van der Waals surface area (Å²) in [5.74, 6) is 0. The van der Waals surface area contributed by atoms with Gasteiger partial charge in [-0.25, -0.2) is 0 Å². The van der Waals surface area contributed by atoms with Gasteiger partial charge in [0.2, 0.25) is 0 Å². The van der Waals surface area contributed by atoms with E-state index < -0.39 is 36.2 Å². The first-order valence-electron chi connectivity index (χ1n) is 7.30. The van der Waals surface area contributed by atoms with Crippen LogP contribution in [0.15, 0.2) is 17.1 Å². The number of aliphatic hydroxyl groups excluding tert-OH is 2. The van der Waals surface area contributed by atoms with Crippen molar-refractivity contribution >= 4 is 0 Å². The van der Waals surface area contributed by atoms with Gasteiger partial charge in [-0.2, -0.15) is 4.98 Å². The molecule has 0 aromatic carbocycles. The zero-order valence-corrected chi connectivity index (χ0v) is 13.3. The zero-order chi connectivity index (χ0) is 16.9. The molecule has 0 amide bonds. The molecule has 1 aliphatic heterocycles. The van der Waals surface area contributed by atoms with E-state index in [2.05, 4.69) is 4.98 Å². The largest absolute Gasteiger partial charge is 0.465 e. The summed E-state index contributed by atoms with van der Waals surface area (Å²) >= 11 is 0. The van der Waals surface area contributed by atoms with Crippen molar-refractivity contribution < 1.29 is 24.8 Å². The molecule has 0 saturated carbocycles. The summed E-state index contributed by atoms with van der Waals surface area (Å²) in [7, 11) is 0. The number of aliphatic hydroxyl groups is 3. The van der Waals surface area contributed by atoms with Gasteiger partial charge in [0.05, 0.1) is 13.2 Å². The monoisotopic (exact) mass is 316 g/mol. The summed E-state index contributed by atoms with van der Waals surface area (Å²) in [5.41, 5.74) is -2.14. The van der Waals surface area contributed by atoms with Gasteiger partial charge in [0, 0.05) is 12.3 Å². The molecule has 1 saturated heterocycles. The van der Waals surface area contributed by atoms with Crippen molar-refractivity contribution in [2.24, 2.45) is 0 Å². The predicted molar refractivity (Wildman–Crippen MR) is 78.6 cm³/mol. The molecule has 1 fully saturated rings. The first-order chi connectivity index (χ1) is 10.4. The third kappa shape index (κ3) is 3.46. The molecule has 126 valence electrons. The van der Waals surface area contributed by atoms with Gasteiger partial charge in [0.25, 0.3) is 5.56 Å². The highest BCUT2D eigenvalue weighted by Gasteiger charge is 2.53. The molecule has 1 aromatic rings. The van der Waals surface area contributed by atoms with E-state index in [0.717, 1.165) is 0 Å². The molecule has 3 N–H and O–H groups in total. The molecule has 2 heterocycles. The number of rotatable bonds is 4. The molecule has 22 heavy (non-hydrogen) atoms. The first kappa shape index (κ1) is 18.6. The Bertz CT molecular complexity index is 530. The Balaban J connectivity index is 0.00000116. The number of hydrogen-bond donors (Lipinski definition) is 3. The van der Waals surface area contributed by atoms with E-state index in [1.165, 1.54) is 23.8 Å². The lowest BCUT2D eigenvalue weighted by molar-refractivity contribution is -0.100. The van der Waals surface area contributed by atoms with Crippen LogP contribution in [0.3, 0.4) is 0 Å². The smallest absolute Gasteiger partial charge is 0.301 e. The van der Waals surface area contributed by atoms with E-state index in [-0.39, 0.29) is 12.6 Å². The van der Waals surface area contributed by atoms with Crippen molar-refractivity contribution in [3.8, 4) is 6.01 Å². The highest BCUT2D eigenvalue weighted by molar-refractivity contribution is 5.07. The van der Waals surface area contributed by atoms with Crippen molar-refractivity contribution in [2.45, 2.75) is 51.7 Å². The van der Waals surface area contributed by atoms with E-state index >= 15 is 0 Å². The molecule has 0 bridgehead atoms. The highest BCUT2D eigenvalue weighted by Crippen LogP contribution is 2.39. The van der Waals surface area contributed by atoms with Crippen molar-refractivity contribution in [3.05, 3.63) is 22.6 Å². The summed E-state index contributed by atoms with van der Waals surface area (Å²) < 4.78 is 12.0. The van der Waals surface area contributed by atoms with Crippen LogP contribution in [0, 0.1) is 0 Å². The summed E-state index contributed by atoms with van der Waals surface area (Å²) in [5, 5.41) is 29.5. The van der Waals surface area contributed by atoms with Gasteiger partial charge in [-0.05, 0) is 13.8 Å². The lowest BCUT2D eigenvalue weighted by atomic mass is 9.96. The molecular formula is C14H24N2O6. The molecule has 1 aromatic heterocycles. The van der Waals surface area contributed by atoms with Crippen LogP contribution in [0.1, 0.15) is 33.9 Å². The summed E-state index contributed by atoms with van der Waals surface area (Å²) in [4.78, 5) is 15.0. The minimum Gasteiger partial charge on any atom is -0.465 e. The van der Waals surface area contributed by atoms with Crippen LogP contribution in [0.5, 0.6) is 6.01 Å². The maximum Gasteiger partial charge on any atom is 0.301 e. The molecule has 0 aliphatic carbocycles. The normalized spacial score (nSPS) is 30.6. The fourth-order valence-electron chi connectivity index (χ4n) is 2.20. The van der Waals surface area contributed by atoms with Gasteiger partial charge >= 0.3 is 6.01 Å². The fraction of sp³-hybridized carbons (Fsp3) is 0.714. The van der Waals surface area contributed by atoms with E-state index in [9.17, 15) is 15.0 Å². The number of hydrogen-bond acceptors (Lipinski definition) is 7. The second-order valence-corrected chi connectivity index (χ2v) is 4.77. The highest BCUT2D eigenvalue weighted by atomic mass is 16.6. The van der Waals surface area contributed by atoms with Crippen LogP contribution in [-0.4, -0.2) is 55.9 Å². The van der Waals surface area contributed by atoms with Crippen LogP contribution >= 0.6 is 0 Å². The Morgan fingerprint density at radius 1 is 1.50 bits per heavy atom. The molecule has 0 radical (unpaired) electrons. The third-order valence-corrected chi connectivity index (χ3v) is 3.27. The first-order valence-corrected chi connectivity index (χ1v) is 7.30. The van der Waals surface area contributed by atoms with Crippen LogP contribution in [-0.2, 0) is 4.74 Å². The van der Waals surface area contributed by atoms with Crippen LogP contribution in [0.2, 0.25) is 0 Å². The van der Waals surface area contributed by atoms with Crippen molar-refractivity contribution in [3.63, 3.8) is 0 Å². The van der Waals surface area contributed by atoms with Gasteiger partial charge in [0.1, 0.15) is 17.8 Å². The lowest BCUT2D eigenvalue weighted by Gasteiger charge is -2.28. The summed E-state index contributed by atoms with van der Waals surface area (Å²) in [6.45, 7) is 6.94. The Kier molecular flexibility index (Phi) is 6.48. The number of nitrogens with zero attached hydrogens (tertiary/aromatic N) is 2. The quantitative estimate of drug-likeness (QED) is 0.697. The fourth-order valence-corrected chi connectivity index (χ4v) is 2.20. The number of ether oxygens (including phenoxy) is 2. The minimum absolute atomic E-state index is 0.0175.